The molecule has 17 heavy (non-hydrogen) atoms. The lowest BCUT2D eigenvalue weighted by atomic mass is 9.94. The molecule has 3 N–H and O–H groups in total. The zero-order valence-corrected chi connectivity index (χ0v) is 11.7. The highest BCUT2D eigenvalue weighted by molar-refractivity contribution is 5.77. The Morgan fingerprint density at radius 1 is 1.35 bits per heavy atom. The fraction of sp³-hybridized carbons (Fsp3) is 0.923. The summed E-state index contributed by atoms with van der Waals surface area (Å²) < 4.78 is 0. The third-order valence-corrected chi connectivity index (χ3v) is 4.04. The minimum absolute atomic E-state index is 0.0207. The van der Waals surface area contributed by atoms with E-state index in [2.05, 4.69) is 24.1 Å². The Labute approximate surface area is 105 Å². The smallest absolute Gasteiger partial charge is 0.221 e. The van der Waals surface area contributed by atoms with E-state index in [0.29, 0.717) is 13.0 Å². The van der Waals surface area contributed by atoms with Gasteiger partial charge in [0, 0.05) is 24.0 Å². The molecule has 1 aliphatic rings. The van der Waals surface area contributed by atoms with Crippen LogP contribution in [0.5, 0.6) is 0 Å². The van der Waals surface area contributed by atoms with E-state index in [1.54, 1.807) is 0 Å². The number of hydrogen-bond donors (Lipinski definition) is 2. The Balaban J connectivity index is 2.35. The van der Waals surface area contributed by atoms with Gasteiger partial charge in [0.25, 0.3) is 0 Å². The van der Waals surface area contributed by atoms with Gasteiger partial charge in [-0.1, -0.05) is 12.8 Å². The number of carbonyl (C=O) groups excluding carboxylic acids is 1. The van der Waals surface area contributed by atoms with Crippen molar-refractivity contribution in [1.82, 2.24) is 10.2 Å². The Kier molecular flexibility index (Phi) is 4.55. The van der Waals surface area contributed by atoms with Crippen LogP contribution in [-0.2, 0) is 4.79 Å². The molecule has 100 valence electrons. The topological polar surface area (TPSA) is 58.4 Å². The number of nitrogens with one attached hydrogen (secondary N) is 1. The summed E-state index contributed by atoms with van der Waals surface area (Å²) in [5.74, 6) is 0.0873. The molecule has 0 radical (unpaired) electrons. The summed E-state index contributed by atoms with van der Waals surface area (Å²) in [7, 11) is 4.04. The van der Waals surface area contributed by atoms with Crippen LogP contribution >= 0.6 is 0 Å². The quantitative estimate of drug-likeness (QED) is 0.758. The van der Waals surface area contributed by atoms with Crippen LogP contribution in [0.15, 0.2) is 0 Å². The van der Waals surface area contributed by atoms with Crippen LogP contribution in [0.4, 0.5) is 0 Å². The van der Waals surface area contributed by atoms with Crippen molar-refractivity contribution >= 4 is 5.91 Å². The van der Waals surface area contributed by atoms with Crippen LogP contribution in [0.2, 0.25) is 0 Å². The first-order valence-electron chi connectivity index (χ1n) is 6.48. The Bertz CT molecular complexity index is 268. The molecule has 0 spiro atoms. The van der Waals surface area contributed by atoms with Gasteiger partial charge in [-0.25, -0.2) is 0 Å². The van der Waals surface area contributed by atoms with Crippen molar-refractivity contribution in [2.75, 3.05) is 20.6 Å². The van der Waals surface area contributed by atoms with E-state index >= 15 is 0 Å². The normalized spacial score (nSPS) is 19.6. The molecule has 0 atom stereocenters. The van der Waals surface area contributed by atoms with Gasteiger partial charge in [0.15, 0.2) is 0 Å². The van der Waals surface area contributed by atoms with Crippen LogP contribution in [0.3, 0.4) is 0 Å². The average molecular weight is 241 g/mol. The summed E-state index contributed by atoms with van der Waals surface area (Å²) in [4.78, 5) is 14.0. The van der Waals surface area contributed by atoms with Crippen LogP contribution in [-0.4, -0.2) is 42.5 Å². The Morgan fingerprint density at radius 2 is 1.88 bits per heavy atom. The summed E-state index contributed by atoms with van der Waals surface area (Å²) in [5.41, 5.74) is 5.92. The molecule has 0 aliphatic heterocycles. The highest BCUT2D eigenvalue weighted by Gasteiger charge is 2.32. The third-order valence-electron chi connectivity index (χ3n) is 4.04. The molecule has 1 aliphatic carbocycles. The zero-order valence-electron chi connectivity index (χ0n) is 11.7. The third kappa shape index (κ3) is 4.28. The molecule has 0 aromatic heterocycles. The van der Waals surface area contributed by atoms with Crippen molar-refractivity contribution < 1.29 is 4.79 Å². The van der Waals surface area contributed by atoms with Crippen LogP contribution in [0, 0.1) is 0 Å². The molecule has 1 amide bonds. The van der Waals surface area contributed by atoms with Crippen molar-refractivity contribution in [2.24, 2.45) is 5.73 Å². The van der Waals surface area contributed by atoms with Gasteiger partial charge in [0.1, 0.15) is 0 Å². The average Bonchev–Trinajstić information content (AvgIpc) is 2.62. The molecule has 1 saturated carbocycles. The summed E-state index contributed by atoms with van der Waals surface area (Å²) in [6.45, 7) is 4.89. The van der Waals surface area contributed by atoms with E-state index in [4.69, 9.17) is 5.73 Å². The maximum absolute atomic E-state index is 11.9. The number of rotatable bonds is 5. The second-order valence-corrected chi connectivity index (χ2v) is 6.23. The van der Waals surface area contributed by atoms with Crippen LogP contribution in [0.25, 0.3) is 0 Å². The zero-order chi connectivity index (χ0) is 13.1. The lowest BCUT2D eigenvalue weighted by Crippen LogP contribution is -2.50. The minimum Gasteiger partial charge on any atom is -0.354 e. The van der Waals surface area contributed by atoms with Gasteiger partial charge in [-0.3, -0.25) is 4.79 Å². The predicted octanol–water partition coefficient (Wildman–Crippen LogP) is 1.10. The molecule has 0 unspecified atom stereocenters. The number of nitrogens with zero attached hydrogens (tertiary/aromatic N) is 1. The van der Waals surface area contributed by atoms with Gasteiger partial charge in [0.2, 0.25) is 5.91 Å². The highest BCUT2D eigenvalue weighted by atomic mass is 16.1. The van der Waals surface area contributed by atoms with Gasteiger partial charge in [-0.2, -0.15) is 0 Å². The monoisotopic (exact) mass is 241 g/mol. The van der Waals surface area contributed by atoms with Crippen molar-refractivity contribution in [3.8, 4) is 0 Å². The van der Waals surface area contributed by atoms with E-state index in [9.17, 15) is 4.79 Å². The number of likely N-dealkylation sites (N-methyl/N-ethyl adjacent to an activating group) is 1. The van der Waals surface area contributed by atoms with E-state index in [0.717, 1.165) is 25.7 Å². The molecule has 1 fully saturated rings. The summed E-state index contributed by atoms with van der Waals surface area (Å²) >= 11 is 0. The predicted molar refractivity (Wildman–Crippen MR) is 70.8 cm³/mol. The largest absolute Gasteiger partial charge is 0.354 e. The molecule has 0 heterocycles. The van der Waals surface area contributed by atoms with Gasteiger partial charge < -0.3 is 16.0 Å². The van der Waals surface area contributed by atoms with Crippen LogP contribution in [0.1, 0.15) is 46.0 Å². The van der Waals surface area contributed by atoms with Gasteiger partial charge >= 0.3 is 0 Å². The van der Waals surface area contributed by atoms with Crippen molar-refractivity contribution in [3.05, 3.63) is 0 Å². The molecule has 0 aromatic carbocycles. The molecule has 4 nitrogen and oxygen atoms in total. The molecule has 1 rings (SSSR count). The maximum atomic E-state index is 11.9. The number of nitrogens with two attached hydrogens (primary N) is 1. The SMILES string of the molecule is CN(C)C(C)(C)CNC(=O)CC1(N)CCCC1. The second-order valence-electron chi connectivity index (χ2n) is 6.23. The van der Waals surface area contributed by atoms with E-state index < -0.39 is 0 Å². The van der Waals surface area contributed by atoms with Gasteiger partial charge in [-0.15, -0.1) is 0 Å². The van der Waals surface area contributed by atoms with Crippen LogP contribution < -0.4 is 11.1 Å². The Hall–Kier alpha value is -0.610. The number of carbonyl (C=O) groups is 1. The van der Waals surface area contributed by atoms with E-state index in [1.807, 2.05) is 14.1 Å². The van der Waals surface area contributed by atoms with E-state index in [1.165, 1.54) is 0 Å². The molecular formula is C13H27N3O. The highest BCUT2D eigenvalue weighted by Crippen LogP contribution is 2.29. The fourth-order valence-electron chi connectivity index (χ4n) is 2.11. The second kappa shape index (κ2) is 5.36. The summed E-state index contributed by atoms with van der Waals surface area (Å²) in [6.07, 6.45) is 4.76. The summed E-state index contributed by atoms with van der Waals surface area (Å²) in [6, 6.07) is 0. The van der Waals surface area contributed by atoms with Crippen molar-refractivity contribution in [3.63, 3.8) is 0 Å². The molecule has 4 heteroatoms. The lowest BCUT2D eigenvalue weighted by molar-refractivity contribution is -0.122. The Morgan fingerprint density at radius 3 is 2.35 bits per heavy atom. The molecule has 0 bridgehead atoms. The molecule has 0 aromatic rings. The lowest BCUT2D eigenvalue weighted by Gasteiger charge is -2.33. The van der Waals surface area contributed by atoms with E-state index in [-0.39, 0.29) is 17.0 Å². The maximum Gasteiger partial charge on any atom is 0.221 e. The fourth-order valence-corrected chi connectivity index (χ4v) is 2.11. The first kappa shape index (κ1) is 14.5. The first-order valence-corrected chi connectivity index (χ1v) is 6.48. The van der Waals surface area contributed by atoms with Gasteiger partial charge in [-0.05, 0) is 40.8 Å². The van der Waals surface area contributed by atoms with Crippen molar-refractivity contribution in [1.29, 1.82) is 0 Å². The first-order chi connectivity index (χ1) is 7.75. The number of hydrogen-bond acceptors (Lipinski definition) is 3. The molecule has 0 saturated heterocycles. The minimum atomic E-state index is -0.244. The van der Waals surface area contributed by atoms with Crippen molar-refractivity contribution in [2.45, 2.75) is 57.0 Å². The standard InChI is InChI=1S/C13H27N3O/c1-12(2,16(3)4)10-15-11(17)9-13(14)7-5-6-8-13/h5-10,14H2,1-4H3,(H,15,17). The number of amides is 1. The summed E-state index contributed by atoms with van der Waals surface area (Å²) in [5, 5.41) is 3.00. The van der Waals surface area contributed by atoms with Gasteiger partial charge in [0.05, 0.1) is 0 Å². The molecular weight excluding hydrogens is 214 g/mol.